The van der Waals surface area contributed by atoms with Gasteiger partial charge < -0.3 is 14.0 Å². The molecule has 7 heteroatoms. The van der Waals surface area contributed by atoms with E-state index in [1.54, 1.807) is 6.07 Å². The molecule has 0 saturated heterocycles. The van der Waals surface area contributed by atoms with Gasteiger partial charge in [-0.1, -0.05) is 17.1 Å². The first kappa shape index (κ1) is 14.1. The molecule has 1 rings (SSSR count). The van der Waals surface area contributed by atoms with Crippen LogP contribution in [0.5, 0.6) is 5.75 Å². The van der Waals surface area contributed by atoms with Crippen molar-refractivity contribution in [3.8, 4) is 5.75 Å². The van der Waals surface area contributed by atoms with Crippen molar-refractivity contribution in [2.75, 3.05) is 14.2 Å². The molecular weight excluding hydrogens is 312 g/mol. The lowest BCUT2D eigenvalue weighted by molar-refractivity contribution is 0.0596. The second-order valence-electron chi connectivity index (χ2n) is 3.05. The van der Waals surface area contributed by atoms with Crippen molar-refractivity contribution in [2.24, 2.45) is 0 Å². The number of benzene rings is 1. The van der Waals surface area contributed by atoms with Crippen LogP contribution in [0.3, 0.4) is 0 Å². The van der Waals surface area contributed by atoms with Crippen LogP contribution >= 0.6 is 15.9 Å². The van der Waals surface area contributed by atoms with Crippen LogP contribution < -0.4 is 4.74 Å². The molecule has 1 unspecified atom stereocenters. The van der Waals surface area contributed by atoms with Crippen molar-refractivity contribution >= 4 is 33.0 Å². The first-order valence-corrected chi connectivity index (χ1v) is 6.54. The van der Waals surface area contributed by atoms with Crippen LogP contribution in [0.25, 0.3) is 0 Å². The van der Waals surface area contributed by atoms with Gasteiger partial charge >= 0.3 is 5.97 Å². The monoisotopic (exact) mass is 321 g/mol. The van der Waals surface area contributed by atoms with Crippen molar-refractivity contribution < 1.29 is 23.0 Å². The minimum Gasteiger partial charge on any atom is -0.772 e. The molecule has 5 nitrogen and oxygen atoms in total. The first-order chi connectivity index (χ1) is 8.01. The number of esters is 1. The molecule has 0 saturated carbocycles. The zero-order chi connectivity index (χ0) is 13.0. The molecule has 0 N–H and O–H groups in total. The van der Waals surface area contributed by atoms with Crippen LogP contribution in [0.1, 0.15) is 15.9 Å². The minimum atomic E-state index is -2.29. The minimum absolute atomic E-state index is 0.119. The maximum absolute atomic E-state index is 11.6. The Hall–Kier alpha value is -0.920. The highest BCUT2D eigenvalue weighted by Gasteiger charge is 2.20. The zero-order valence-electron chi connectivity index (χ0n) is 9.19. The van der Waals surface area contributed by atoms with Gasteiger partial charge in [0.15, 0.2) is 0 Å². The Morgan fingerprint density at radius 3 is 2.59 bits per heavy atom. The van der Waals surface area contributed by atoms with Crippen LogP contribution in [0.15, 0.2) is 16.6 Å². The number of methoxy groups -OCH3 is 2. The number of ether oxygens (including phenoxy) is 2. The molecular formula is C10H10BrO5S-. The van der Waals surface area contributed by atoms with Crippen molar-refractivity contribution in [1.29, 1.82) is 0 Å². The Labute approximate surface area is 110 Å². The smallest absolute Gasteiger partial charge is 0.342 e. The second-order valence-corrected chi connectivity index (χ2v) is 4.80. The molecule has 0 fully saturated rings. The van der Waals surface area contributed by atoms with E-state index < -0.39 is 17.0 Å². The molecule has 94 valence electrons. The van der Waals surface area contributed by atoms with E-state index in [1.807, 2.05) is 0 Å². The fraction of sp³-hybridized carbons (Fsp3) is 0.300. The highest BCUT2D eigenvalue weighted by Crippen LogP contribution is 2.32. The molecule has 0 aromatic heterocycles. The van der Waals surface area contributed by atoms with Gasteiger partial charge in [-0.2, -0.15) is 0 Å². The van der Waals surface area contributed by atoms with Gasteiger partial charge in [-0.05, 0) is 27.6 Å². The molecule has 0 spiro atoms. The van der Waals surface area contributed by atoms with Crippen LogP contribution in [-0.4, -0.2) is 29.0 Å². The van der Waals surface area contributed by atoms with Gasteiger partial charge in [0.2, 0.25) is 0 Å². The van der Waals surface area contributed by atoms with Gasteiger partial charge in [-0.25, -0.2) is 4.79 Å². The third kappa shape index (κ3) is 3.27. The molecule has 0 bridgehead atoms. The van der Waals surface area contributed by atoms with Crippen molar-refractivity contribution in [3.63, 3.8) is 0 Å². The average molecular weight is 322 g/mol. The predicted octanol–water partition coefficient (Wildman–Crippen LogP) is 1.62. The molecule has 0 aliphatic rings. The molecule has 0 aliphatic carbocycles. The highest BCUT2D eigenvalue weighted by atomic mass is 79.9. The van der Waals surface area contributed by atoms with Gasteiger partial charge in [-0.15, -0.1) is 0 Å². The largest absolute Gasteiger partial charge is 0.772 e. The Morgan fingerprint density at radius 2 is 2.12 bits per heavy atom. The Bertz CT molecular complexity index is 460. The fourth-order valence-electron chi connectivity index (χ4n) is 1.37. The van der Waals surface area contributed by atoms with Crippen LogP contribution in [0, 0.1) is 0 Å². The molecule has 0 aliphatic heterocycles. The second kappa shape index (κ2) is 6.13. The van der Waals surface area contributed by atoms with Gasteiger partial charge in [0.25, 0.3) is 0 Å². The quantitative estimate of drug-likeness (QED) is 0.622. The van der Waals surface area contributed by atoms with Gasteiger partial charge in [0, 0.05) is 5.75 Å². The molecule has 1 aromatic rings. The molecule has 0 amide bonds. The van der Waals surface area contributed by atoms with E-state index in [4.69, 9.17) is 4.74 Å². The number of halogens is 1. The molecule has 0 radical (unpaired) electrons. The summed E-state index contributed by atoms with van der Waals surface area (Å²) in [6.45, 7) is 0. The topological polar surface area (TPSA) is 75.7 Å². The normalized spacial score (nSPS) is 12.0. The summed E-state index contributed by atoms with van der Waals surface area (Å²) in [5.41, 5.74) is 0.457. The molecule has 0 heterocycles. The number of rotatable bonds is 4. The number of hydrogen-bond donors (Lipinski definition) is 0. The summed E-state index contributed by atoms with van der Waals surface area (Å²) in [6, 6.07) is 3.15. The van der Waals surface area contributed by atoms with Crippen molar-refractivity contribution in [1.82, 2.24) is 0 Å². The third-order valence-corrected chi connectivity index (χ3v) is 3.23. The van der Waals surface area contributed by atoms with Gasteiger partial charge in [0.05, 0.1) is 18.7 Å². The Balaban J connectivity index is 3.39. The van der Waals surface area contributed by atoms with Crippen LogP contribution in [0.4, 0.5) is 0 Å². The summed E-state index contributed by atoms with van der Waals surface area (Å²) >= 11 is 0.928. The van der Waals surface area contributed by atoms with E-state index in [0.29, 0.717) is 10.0 Å². The maximum Gasteiger partial charge on any atom is 0.342 e. The lowest BCUT2D eigenvalue weighted by Crippen LogP contribution is -2.10. The Kier molecular flexibility index (Phi) is 5.10. The lowest BCUT2D eigenvalue weighted by atomic mass is 10.1. The summed E-state index contributed by atoms with van der Waals surface area (Å²) in [6.07, 6.45) is 0. The number of carbonyl (C=O) groups is 1. The number of hydrogen-bond acceptors (Lipinski definition) is 5. The summed E-state index contributed by atoms with van der Waals surface area (Å²) in [5.74, 6) is -0.642. The van der Waals surface area contributed by atoms with Crippen molar-refractivity contribution in [3.05, 3.63) is 27.7 Å². The van der Waals surface area contributed by atoms with Gasteiger partial charge in [-0.3, -0.25) is 4.21 Å². The summed E-state index contributed by atoms with van der Waals surface area (Å²) in [4.78, 5) is 11.6. The van der Waals surface area contributed by atoms with E-state index in [9.17, 15) is 13.6 Å². The molecule has 1 aromatic carbocycles. The Morgan fingerprint density at radius 1 is 1.47 bits per heavy atom. The summed E-state index contributed by atoms with van der Waals surface area (Å²) in [5, 5.41) is 0. The zero-order valence-corrected chi connectivity index (χ0v) is 11.6. The summed E-state index contributed by atoms with van der Waals surface area (Å²) in [7, 11) is 2.62. The van der Waals surface area contributed by atoms with Gasteiger partial charge in [0.1, 0.15) is 11.3 Å². The van der Waals surface area contributed by atoms with E-state index in [-0.39, 0.29) is 17.1 Å². The highest BCUT2D eigenvalue weighted by molar-refractivity contribution is 9.10. The maximum atomic E-state index is 11.6. The third-order valence-electron chi connectivity index (χ3n) is 2.06. The van der Waals surface area contributed by atoms with Crippen LogP contribution in [0.2, 0.25) is 0 Å². The van der Waals surface area contributed by atoms with Crippen molar-refractivity contribution in [2.45, 2.75) is 5.75 Å². The van der Waals surface area contributed by atoms with E-state index in [0.717, 1.165) is 0 Å². The molecule has 1 atom stereocenters. The van der Waals surface area contributed by atoms with E-state index in [2.05, 4.69) is 20.7 Å². The van der Waals surface area contributed by atoms with E-state index >= 15 is 0 Å². The predicted molar refractivity (Wildman–Crippen MR) is 64.7 cm³/mol. The lowest BCUT2D eigenvalue weighted by Gasteiger charge is -2.14. The van der Waals surface area contributed by atoms with Crippen LogP contribution in [-0.2, 0) is 21.6 Å². The summed E-state index contributed by atoms with van der Waals surface area (Å²) < 4.78 is 31.7. The average Bonchev–Trinajstić information content (AvgIpc) is 2.29. The molecule has 17 heavy (non-hydrogen) atoms. The standard InChI is InChI=1S/C10H11BrO5S/c1-15-9-7(11)4-3-6(5-17(13)14)8(9)10(12)16-2/h3-4H,5H2,1-2H3,(H,13,14)/p-1. The SMILES string of the molecule is COC(=O)c1c(CS(=O)[O-])ccc(Br)c1OC. The van der Waals surface area contributed by atoms with E-state index in [1.165, 1.54) is 20.3 Å². The first-order valence-electron chi connectivity index (χ1n) is 4.50. The fourth-order valence-corrected chi connectivity index (χ4v) is 2.36. The number of carbonyl (C=O) groups excluding carboxylic acids is 1.